The summed E-state index contributed by atoms with van der Waals surface area (Å²) in [6.07, 6.45) is 4.12. The minimum Gasteiger partial charge on any atom is -0.321 e. The highest BCUT2D eigenvalue weighted by Gasteiger charge is 2.11. The quantitative estimate of drug-likeness (QED) is 0.593. The second kappa shape index (κ2) is 2.21. The van der Waals surface area contributed by atoms with Gasteiger partial charge in [-0.05, 0) is 18.1 Å². The van der Waals surface area contributed by atoms with Gasteiger partial charge < -0.3 is 5.73 Å². The molecule has 2 N–H and O–H groups in total. The number of hydrogen-bond donors (Lipinski definition) is 1. The Morgan fingerprint density at radius 1 is 1.36 bits per heavy atom. The smallest absolute Gasteiger partial charge is 0.0490 e. The molecule has 0 heterocycles. The molecule has 56 valence electrons. The normalized spacial score (nSPS) is 20.4. The van der Waals surface area contributed by atoms with Crippen molar-refractivity contribution < 1.29 is 0 Å². The monoisotopic (exact) mass is 145 g/mol. The Bertz CT molecular complexity index is 313. The Morgan fingerprint density at radius 3 is 3.00 bits per heavy atom. The lowest BCUT2D eigenvalue weighted by molar-refractivity contribution is 0.930. The van der Waals surface area contributed by atoms with E-state index in [0.717, 1.165) is 0 Å². The predicted molar refractivity (Wildman–Crippen MR) is 47.1 cm³/mol. The van der Waals surface area contributed by atoms with E-state index in [0.29, 0.717) is 0 Å². The maximum Gasteiger partial charge on any atom is 0.0490 e. The summed E-state index contributed by atoms with van der Waals surface area (Å²) in [5, 5.41) is 0. The van der Waals surface area contributed by atoms with Crippen molar-refractivity contribution in [3.05, 3.63) is 41.0 Å². The average molecular weight is 145 g/mol. The molecule has 0 bridgehead atoms. The van der Waals surface area contributed by atoms with Gasteiger partial charge >= 0.3 is 0 Å². The van der Waals surface area contributed by atoms with Crippen LogP contribution < -0.4 is 5.73 Å². The molecule has 0 amide bonds. The highest BCUT2D eigenvalue weighted by Crippen LogP contribution is 2.26. The van der Waals surface area contributed by atoms with Crippen LogP contribution in [0.1, 0.15) is 22.7 Å². The maximum absolute atomic E-state index is 5.81. The van der Waals surface area contributed by atoms with Crippen LogP contribution in [0.15, 0.2) is 24.3 Å². The van der Waals surface area contributed by atoms with E-state index in [1.54, 1.807) is 0 Å². The first-order chi connectivity index (χ1) is 5.27. The second-order valence-electron chi connectivity index (χ2n) is 3.02. The minimum atomic E-state index is 0.116. The van der Waals surface area contributed by atoms with Gasteiger partial charge in [-0.2, -0.15) is 0 Å². The van der Waals surface area contributed by atoms with Gasteiger partial charge in [0.25, 0.3) is 0 Å². The van der Waals surface area contributed by atoms with E-state index < -0.39 is 0 Å². The van der Waals surface area contributed by atoms with E-state index in [2.05, 4.69) is 31.2 Å². The third-order valence-corrected chi connectivity index (χ3v) is 2.08. The van der Waals surface area contributed by atoms with Crippen molar-refractivity contribution in [3.8, 4) is 0 Å². The molecule has 1 nitrogen and oxygen atoms in total. The summed E-state index contributed by atoms with van der Waals surface area (Å²) in [7, 11) is 0. The molecule has 0 spiro atoms. The van der Waals surface area contributed by atoms with Crippen LogP contribution in [-0.2, 0) is 0 Å². The van der Waals surface area contributed by atoms with Gasteiger partial charge in [-0.15, -0.1) is 0 Å². The summed E-state index contributed by atoms with van der Waals surface area (Å²) in [5.41, 5.74) is 9.62. The molecule has 0 aromatic heterocycles. The largest absolute Gasteiger partial charge is 0.321 e. The molecule has 1 heteroatoms. The summed E-state index contributed by atoms with van der Waals surface area (Å²) in [6.45, 7) is 2.10. The van der Waals surface area contributed by atoms with E-state index >= 15 is 0 Å². The first kappa shape index (κ1) is 6.62. The summed E-state index contributed by atoms with van der Waals surface area (Å²) in [5.74, 6) is 0. The summed E-state index contributed by atoms with van der Waals surface area (Å²) >= 11 is 0. The minimum absolute atomic E-state index is 0.116. The zero-order valence-electron chi connectivity index (χ0n) is 6.54. The first-order valence-corrected chi connectivity index (χ1v) is 3.82. The van der Waals surface area contributed by atoms with Crippen LogP contribution in [0.2, 0.25) is 0 Å². The molecular weight excluding hydrogens is 134 g/mol. The molecule has 1 aliphatic carbocycles. The Balaban J connectivity index is 2.58. The Kier molecular flexibility index (Phi) is 1.33. The molecule has 0 fully saturated rings. The molecule has 1 aromatic carbocycles. The van der Waals surface area contributed by atoms with Gasteiger partial charge in [0.05, 0.1) is 0 Å². The fourth-order valence-electron chi connectivity index (χ4n) is 1.45. The molecule has 1 atom stereocenters. The van der Waals surface area contributed by atoms with E-state index in [-0.39, 0.29) is 6.04 Å². The van der Waals surface area contributed by atoms with Gasteiger partial charge in [-0.3, -0.25) is 0 Å². The highest BCUT2D eigenvalue weighted by atomic mass is 14.6. The van der Waals surface area contributed by atoms with Crippen LogP contribution >= 0.6 is 0 Å². The molecule has 1 aromatic rings. The average Bonchev–Trinajstić information content (AvgIpc) is 2.32. The van der Waals surface area contributed by atoms with Crippen molar-refractivity contribution in [1.29, 1.82) is 0 Å². The topological polar surface area (TPSA) is 26.0 Å². The molecule has 11 heavy (non-hydrogen) atoms. The molecule has 0 saturated carbocycles. The van der Waals surface area contributed by atoms with E-state index in [9.17, 15) is 0 Å². The van der Waals surface area contributed by atoms with Gasteiger partial charge in [-0.25, -0.2) is 0 Å². The van der Waals surface area contributed by atoms with Crippen molar-refractivity contribution in [2.45, 2.75) is 13.0 Å². The van der Waals surface area contributed by atoms with Crippen LogP contribution in [0.25, 0.3) is 6.08 Å². The lowest BCUT2D eigenvalue weighted by atomic mass is 10.1. The number of nitrogens with two attached hydrogens (primary N) is 1. The lowest BCUT2D eigenvalue weighted by Crippen LogP contribution is -2.04. The number of aryl methyl sites for hydroxylation is 1. The SMILES string of the molecule is Cc1ccc2c(c1)C=C[C@H]2N. The van der Waals surface area contributed by atoms with Crippen LogP contribution in [0.4, 0.5) is 0 Å². The van der Waals surface area contributed by atoms with Crippen molar-refractivity contribution in [3.63, 3.8) is 0 Å². The van der Waals surface area contributed by atoms with E-state index in [1.807, 2.05) is 6.08 Å². The number of fused-ring (bicyclic) bond motifs is 1. The maximum atomic E-state index is 5.81. The predicted octanol–water partition coefficient (Wildman–Crippen LogP) is 2.02. The van der Waals surface area contributed by atoms with E-state index in [4.69, 9.17) is 5.73 Å². The Morgan fingerprint density at radius 2 is 2.18 bits per heavy atom. The fourth-order valence-corrected chi connectivity index (χ4v) is 1.45. The standard InChI is InChI=1S/C10H11N/c1-7-2-4-9-8(6-7)3-5-10(9)11/h2-6,10H,11H2,1H3/t10-/m1/s1. The first-order valence-electron chi connectivity index (χ1n) is 3.82. The number of rotatable bonds is 0. The van der Waals surface area contributed by atoms with Gasteiger partial charge in [0.2, 0.25) is 0 Å². The van der Waals surface area contributed by atoms with Gasteiger partial charge in [0.1, 0.15) is 0 Å². The highest BCUT2D eigenvalue weighted by molar-refractivity contribution is 5.62. The van der Waals surface area contributed by atoms with Gasteiger partial charge in [-0.1, -0.05) is 35.9 Å². The van der Waals surface area contributed by atoms with Crippen LogP contribution in [0, 0.1) is 6.92 Å². The van der Waals surface area contributed by atoms with Crippen LogP contribution in [0.5, 0.6) is 0 Å². The zero-order chi connectivity index (χ0) is 7.84. The number of hydrogen-bond acceptors (Lipinski definition) is 1. The molecular formula is C10H11N. The van der Waals surface area contributed by atoms with Gasteiger partial charge in [0.15, 0.2) is 0 Å². The molecule has 0 unspecified atom stereocenters. The molecule has 0 saturated heterocycles. The fraction of sp³-hybridized carbons (Fsp3) is 0.200. The summed E-state index contributed by atoms with van der Waals surface area (Å²) < 4.78 is 0. The third kappa shape index (κ3) is 0.976. The Hall–Kier alpha value is -1.08. The Labute approximate surface area is 66.5 Å². The summed E-state index contributed by atoms with van der Waals surface area (Å²) in [6, 6.07) is 6.49. The van der Waals surface area contributed by atoms with E-state index in [1.165, 1.54) is 16.7 Å². The summed E-state index contributed by atoms with van der Waals surface area (Å²) in [4.78, 5) is 0. The third-order valence-electron chi connectivity index (χ3n) is 2.08. The lowest BCUT2D eigenvalue weighted by Gasteiger charge is -2.04. The second-order valence-corrected chi connectivity index (χ2v) is 3.02. The molecule has 0 aliphatic heterocycles. The zero-order valence-corrected chi connectivity index (χ0v) is 6.54. The van der Waals surface area contributed by atoms with Crippen molar-refractivity contribution in [1.82, 2.24) is 0 Å². The van der Waals surface area contributed by atoms with Crippen molar-refractivity contribution >= 4 is 6.08 Å². The van der Waals surface area contributed by atoms with Crippen molar-refractivity contribution in [2.75, 3.05) is 0 Å². The van der Waals surface area contributed by atoms with Gasteiger partial charge in [0, 0.05) is 6.04 Å². The molecule has 2 rings (SSSR count). The molecule has 1 aliphatic rings. The number of benzene rings is 1. The molecule has 0 radical (unpaired) electrons. The van der Waals surface area contributed by atoms with Crippen LogP contribution in [-0.4, -0.2) is 0 Å². The van der Waals surface area contributed by atoms with Crippen LogP contribution in [0.3, 0.4) is 0 Å². The van der Waals surface area contributed by atoms with Crippen molar-refractivity contribution in [2.24, 2.45) is 5.73 Å².